The van der Waals surface area contributed by atoms with E-state index in [9.17, 15) is 10.1 Å². The number of anilines is 1. The summed E-state index contributed by atoms with van der Waals surface area (Å²) in [6.45, 7) is 2.00. The largest absolute Gasteiger partial charge is 0.375 e. The summed E-state index contributed by atoms with van der Waals surface area (Å²) in [6.07, 6.45) is 3.19. The smallest absolute Gasteiger partial charge is 0.275 e. The second-order valence-corrected chi connectivity index (χ2v) is 7.29. The highest BCUT2D eigenvalue weighted by Crippen LogP contribution is 2.37. The van der Waals surface area contributed by atoms with Crippen molar-refractivity contribution in [2.45, 2.75) is 6.92 Å². The summed E-state index contributed by atoms with van der Waals surface area (Å²) < 4.78 is 2.95. The van der Waals surface area contributed by atoms with Gasteiger partial charge in [-0.25, -0.2) is 9.97 Å². The molecule has 0 unspecified atom stereocenters. The highest BCUT2D eigenvalue weighted by molar-refractivity contribution is 7.25. The van der Waals surface area contributed by atoms with Crippen molar-refractivity contribution < 1.29 is 0 Å². The summed E-state index contributed by atoms with van der Waals surface area (Å²) in [6, 6.07) is 9.85. The second-order valence-electron chi connectivity index (χ2n) is 6.24. The molecule has 0 spiro atoms. The highest BCUT2D eigenvalue weighted by atomic mass is 32.1. The van der Waals surface area contributed by atoms with Crippen molar-refractivity contribution in [1.82, 2.24) is 14.5 Å². The van der Waals surface area contributed by atoms with Crippen molar-refractivity contribution in [3.05, 3.63) is 58.4 Å². The van der Waals surface area contributed by atoms with Gasteiger partial charge >= 0.3 is 0 Å². The van der Waals surface area contributed by atoms with Crippen molar-refractivity contribution in [2.24, 2.45) is 0 Å². The highest BCUT2D eigenvalue weighted by Gasteiger charge is 2.19. The summed E-state index contributed by atoms with van der Waals surface area (Å²) in [5, 5.41) is 10.2. The van der Waals surface area contributed by atoms with Crippen LogP contribution in [0.1, 0.15) is 11.3 Å². The van der Waals surface area contributed by atoms with Crippen LogP contribution in [0.5, 0.6) is 0 Å². The molecule has 6 nitrogen and oxygen atoms in total. The van der Waals surface area contributed by atoms with Crippen molar-refractivity contribution in [2.75, 3.05) is 19.0 Å². The molecule has 26 heavy (non-hydrogen) atoms. The third-order valence-electron chi connectivity index (χ3n) is 4.26. The predicted molar refractivity (Wildman–Crippen MR) is 104 cm³/mol. The van der Waals surface area contributed by atoms with Crippen molar-refractivity contribution in [3.63, 3.8) is 0 Å². The van der Waals surface area contributed by atoms with E-state index in [4.69, 9.17) is 0 Å². The Hall–Kier alpha value is -3.24. The van der Waals surface area contributed by atoms with Crippen LogP contribution in [0.4, 0.5) is 5.69 Å². The molecule has 0 aliphatic heterocycles. The van der Waals surface area contributed by atoms with E-state index in [1.807, 2.05) is 50.2 Å². The number of pyridine rings is 1. The molecule has 0 bridgehead atoms. The molecule has 0 saturated carbocycles. The van der Waals surface area contributed by atoms with E-state index < -0.39 is 0 Å². The Balaban J connectivity index is 2.07. The molecular weight excluding hydrogens is 346 g/mol. The molecule has 0 saturated heterocycles. The number of nitrogens with zero attached hydrogens (tertiary/aromatic N) is 5. The summed E-state index contributed by atoms with van der Waals surface area (Å²) >= 11 is 1.36. The Kier molecular flexibility index (Phi) is 3.71. The molecule has 3 aromatic heterocycles. The van der Waals surface area contributed by atoms with Gasteiger partial charge in [0, 0.05) is 25.7 Å². The minimum atomic E-state index is -0.122. The number of benzene rings is 1. The van der Waals surface area contributed by atoms with Gasteiger partial charge in [0.2, 0.25) is 0 Å². The lowest BCUT2D eigenvalue weighted by molar-refractivity contribution is 0.966. The van der Waals surface area contributed by atoms with Crippen molar-refractivity contribution in [3.8, 4) is 11.8 Å². The number of hydrogen-bond donors (Lipinski definition) is 0. The van der Waals surface area contributed by atoms with Crippen LogP contribution in [0.25, 0.3) is 26.0 Å². The third-order valence-corrected chi connectivity index (χ3v) is 5.36. The first-order valence-corrected chi connectivity index (χ1v) is 8.80. The standard InChI is InChI=1S/C19H15N5OS/c1-11-4-6-12(7-5-11)24-10-22-16-15-14(26-18(16)19(24)25)9-21-13(8-20)17(15)23(2)3/h4-7,9-10H,1-3H3. The molecule has 3 heterocycles. The summed E-state index contributed by atoms with van der Waals surface area (Å²) in [7, 11) is 3.71. The van der Waals surface area contributed by atoms with Gasteiger partial charge < -0.3 is 4.90 Å². The fourth-order valence-corrected chi connectivity index (χ4v) is 4.07. The van der Waals surface area contributed by atoms with Crippen LogP contribution in [0.15, 0.2) is 41.6 Å². The van der Waals surface area contributed by atoms with Gasteiger partial charge in [-0.2, -0.15) is 5.26 Å². The topological polar surface area (TPSA) is 74.8 Å². The molecule has 128 valence electrons. The Morgan fingerprint density at radius 3 is 2.58 bits per heavy atom. The van der Waals surface area contributed by atoms with Crippen LogP contribution in [-0.4, -0.2) is 28.6 Å². The Morgan fingerprint density at radius 1 is 1.19 bits per heavy atom. The molecule has 0 atom stereocenters. The van der Waals surface area contributed by atoms with E-state index >= 15 is 0 Å². The van der Waals surface area contributed by atoms with E-state index in [-0.39, 0.29) is 5.56 Å². The van der Waals surface area contributed by atoms with Crippen LogP contribution in [0.2, 0.25) is 0 Å². The number of rotatable bonds is 2. The molecule has 0 aliphatic rings. The van der Waals surface area contributed by atoms with E-state index in [2.05, 4.69) is 16.0 Å². The normalized spacial score (nSPS) is 11.0. The maximum absolute atomic E-state index is 13.1. The molecule has 1 aromatic carbocycles. The lowest BCUT2D eigenvalue weighted by Gasteiger charge is -2.14. The average molecular weight is 361 g/mol. The average Bonchev–Trinajstić information content (AvgIpc) is 3.01. The maximum atomic E-state index is 13.1. The summed E-state index contributed by atoms with van der Waals surface area (Å²) in [5.74, 6) is 0. The number of aryl methyl sites for hydroxylation is 1. The van der Waals surface area contributed by atoms with Crippen molar-refractivity contribution >= 4 is 37.3 Å². The first-order valence-electron chi connectivity index (χ1n) is 7.98. The van der Waals surface area contributed by atoms with Gasteiger partial charge in [0.15, 0.2) is 5.69 Å². The quantitative estimate of drug-likeness (QED) is 0.548. The summed E-state index contributed by atoms with van der Waals surface area (Å²) in [4.78, 5) is 23.7. The van der Waals surface area contributed by atoms with Crippen LogP contribution in [0, 0.1) is 18.3 Å². The Bertz CT molecular complexity index is 1250. The molecule has 7 heteroatoms. The van der Waals surface area contributed by atoms with E-state index in [0.29, 0.717) is 21.6 Å². The molecular formula is C19H15N5OS. The monoisotopic (exact) mass is 361 g/mol. The predicted octanol–water partition coefficient (Wildman–Crippen LogP) is 3.24. The van der Waals surface area contributed by atoms with Crippen LogP contribution in [0.3, 0.4) is 0 Å². The molecule has 4 rings (SSSR count). The molecule has 0 amide bonds. The number of hydrogen-bond acceptors (Lipinski definition) is 6. The third kappa shape index (κ3) is 2.35. The fraction of sp³-hybridized carbons (Fsp3) is 0.158. The molecule has 0 N–H and O–H groups in total. The zero-order chi connectivity index (χ0) is 18.4. The SMILES string of the molecule is Cc1ccc(-n2cnc3c(sc4cnc(C#N)c(N(C)C)c43)c2=O)cc1. The molecule has 0 radical (unpaired) electrons. The Morgan fingerprint density at radius 2 is 1.92 bits per heavy atom. The van der Waals surface area contributed by atoms with E-state index in [0.717, 1.165) is 21.3 Å². The number of fused-ring (bicyclic) bond motifs is 3. The summed E-state index contributed by atoms with van der Waals surface area (Å²) in [5.41, 5.74) is 3.41. The van der Waals surface area contributed by atoms with Gasteiger partial charge in [-0.15, -0.1) is 11.3 Å². The van der Waals surface area contributed by atoms with Gasteiger partial charge in [0.1, 0.15) is 17.1 Å². The molecule has 4 aromatic rings. The first kappa shape index (κ1) is 16.2. The zero-order valence-electron chi connectivity index (χ0n) is 14.5. The lowest BCUT2D eigenvalue weighted by atomic mass is 10.2. The van der Waals surface area contributed by atoms with Crippen LogP contribution >= 0.6 is 11.3 Å². The van der Waals surface area contributed by atoms with Gasteiger partial charge in [0.05, 0.1) is 21.6 Å². The van der Waals surface area contributed by atoms with Gasteiger partial charge in [-0.1, -0.05) is 17.7 Å². The van der Waals surface area contributed by atoms with E-state index in [1.54, 1.807) is 17.1 Å². The fourth-order valence-electron chi connectivity index (χ4n) is 3.01. The maximum Gasteiger partial charge on any atom is 0.275 e. The van der Waals surface area contributed by atoms with Crippen molar-refractivity contribution in [1.29, 1.82) is 5.26 Å². The first-order chi connectivity index (χ1) is 12.5. The number of nitriles is 1. The van der Waals surface area contributed by atoms with Gasteiger partial charge in [-0.3, -0.25) is 9.36 Å². The van der Waals surface area contributed by atoms with E-state index in [1.165, 1.54) is 11.3 Å². The minimum absolute atomic E-state index is 0.122. The molecule has 0 aliphatic carbocycles. The van der Waals surface area contributed by atoms with Crippen LogP contribution < -0.4 is 10.5 Å². The number of aromatic nitrogens is 3. The van der Waals surface area contributed by atoms with Gasteiger partial charge in [0.25, 0.3) is 5.56 Å². The van der Waals surface area contributed by atoms with Crippen LogP contribution in [-0.2, 0) is 0 Å². The lowest BCUT2D eigenvalue weighted by Crippen LogP contribution is -2.17. The zero-order valence-corrected chi connectivity index (χ0v) is 15.3. The minimum Gasteiger partial charge on any atom is -0.375 e. The molecule has 0 fully saturated rings. The van der Waals surface area contributed by atoms with Gasteiger partial charge in [-0.05, 0) is 19.1 Å². The second kappa shape index (κ2) is 5.93. The Labute approximate surface area is 153 Å². The number of thiophene rings is 1.